The molecule has 6 nitrogen and oxygen atoms in total. The van der Waals surface area contributed by atoms with Gasteiger partial charge >= 0.3 is 5.95 Å². The number of rotatable bonds is 2. The number of nitrogens with zero attached hydrogens (tertiary/aromatic N) is 2. The van der Waals surface area contributed by atoms with Crippen molar-refractivity contribution in [3.05, 3.63) is 22.0 Å². The van der Waals surface area contributed by atoms with Crippen LogP contribution in [0.25, 0.3) is 0 Å². The average Bonchev–Trinajstić information content (AvgIpc) is 2.34. The van der Waals surface area contributed by atoms with Gasteiger partial charge < -0.3 is 10.1 Å². The first kappa shape index (κ1) is 6.40. The summed E-state index contributed by atoms with van der Waals surface area (Å²) in [5.41, 5.74) is 0.103. The average molecular weight is 141 g/mol. The molecule has 0 spiro atoms. The van der Waals surface area contributed by atoms with Crippen LogP contribution in [0.1, 0.15) is 10.5 Å². The molecular weight excluding hydrogens is 138 g/mol. The Hall–Kier alpha value is -1.72. The van der Waals surface area contributed by atoms with Gasteiger partial charge in [0.1, 0.15) is 6.20 Å². The summed E-state index contributed by atoms with van der Waals surface area (Å²) < 4.78 is 0. The van der Waals surface area contributed by atoms with E-state index in [1.165, 1.54) is 0 Å². The number of aldehydes is 1. The maximum absolute atomic E-state index is 9.95. The predicted molar refractivity (Wildman–Crippen MR) is 30.6 cm³/mol. The van der Waals surface area contributed by atoms with Crippen LogP contribution in [0.2, 0.25) is 0 Å². The van der Waals surface area contributed by atoms with Crippen LogP contribution >= 0.6 is 0 Å². The van der Waals surface area contributed by atoms with E-state index in [-0.39, 0.29) is 5.69 Å². The van der Waals surface area contributed by atoms with Gasteiger partial charge in [0.15, 0.2) is 12.0 Å². The van der Waals surface area contributed by atoms with E-state index >= 15 is 0 Å². The number of aromatic nitrogens is 2. The van der Waals surface area contributed by atoms with E-state index in [1.54, 1.807) is 0 Å². The Morgan fingerprint density at radius 3 is 2.80 bits per heavy atom. The summed E-state index contributed by atoms with van der Waals surface area (Å²) >= 11 is 0. The van der Waals surface area contributed by atoms with Gasteiger partial charge in [0.2, 0.25) is 0 Å². The number of hydrogen-bond donors (Lipinski definition) is 1. The number of hydrogen-bond acceptors (Lipinski definition) is 4. The molecule has 0 unspecified atom stereocenters. The molecule has 1 N–H and O–H groups in total. The minimum atomic E-state index is -0.701. The summed E-state index contributed by atoms with van der Waals surface area (Å²) in [4.78, 5) is 24.7. The molecule has 0 aliphatic heterocycles. The minimum absolute atomic E-state index is 0.103. The number of H-pyrrole nitrogens is 1. The van der Waals surface area contributed by atoms with E-state index in [9.17, 15) is 14.9 Å². The number of nitrogens with one attached hydrogen (secondary N) is 1. The molecule has 0 aromatic carbocycles. The Morgan fingerprint density at radius 1 is 1.80 bits per heavy atom. The smallest absolute Gasteiger partial charge is 0.390 e. The van der Waals surface area contributed by atoms with Gasteiger partial charge in [-0.3, -0.25) is 4.79 Å². The third-order valence-corrected chi connectivity index (χ3v) is 0.882. The molecule has 0 aliphatic rings. The monoisotopic (exact) mass is 141 g/mol. The molecule has 0 atom stereocenters. The summed E-state index contributed by atoms with van der Waals surface area (Å²) in [7, 11) is 0. The van der Waals surface area contributed by atoms with Gasteiger partial charge in [-0.1, -0.05) is 4.98 Å². The first-order valence-corrected chi connectivity index (χ1v) is 2.38. The molecule has 1 heterocycles. The molecule has 0 fully saturated rings. The van der Waals surface area contributed by atoms with E-state index < -0.39 is 10.9 Å². The van der Waals surface area contributed by atoms with Crippen LogP contribution in [0.5, 0.6) is 0 Å². The summed E-state index contributed by atoms with van der Waals surface area (Å²) in [6.07, 6.45) is 1.56. The van der Waals surface area contributed by atoms with Crippen LogP contribution in [-0.2, 0) is 0 Å². The molecule has 0 saturated carbocycles. The highest BCUT2D eigenvalue weighted by Gasteiger charge is 2.08. The number of carbonyl (C=O) groups excluding carboxylic acids is 1. The molecule has 6 heteroatoms. The Morgan fingerprint density at radius 2 is 2.50 bits per heavy atom. The molecule has 1 aromatic rings. The minimum Gasteiger partial charge on any atom is -0.390 e. The number of carbonyl (C=O) groups is 1. The molecule has 1 aromatic heterocycles. The fourth-order valence-electron chi connectivity index (χ4n) is 0.477. The van der Waals surface area contributed by atoms with E-state index in [0.717, 1.165) is 6.20 Å². The Kier molecular flexibility index (Phi) is 1.44. The van der Waals surface area contributed by atoms with Crippen molar-refractivity contribution in [2.75, 3.05) is 0 Å². The van der Waals surface area contributed by atoms with E-state index in [2.05, 4.69) is 9.97 Å². The maximum atomic E-state index is 9.95. The zero-order chi connectivity index (χ0) is 7.56. The van der Waals surface area contributed by atoms with Crippen LogP contribution < -0.4 is 0 Å². The SMILES string of the molecule is O=Cc1cnc([N+](=O)[O-])[nH]1. The lowest BCUT2D eigenvalue weighted by atomic mass is 10.6. The van der Waals surface area contributed by atoms with Crippen molar-refractivity contribution >= 4 is 12.2 Å². The van der Waals surface area contributed by atoms with Crippen molar-refractivity contribution in [2.45, 2.75) is 0 Å². The van der Waals surface area contributed by atoms with Crippen molar-refractivity contribution in [2.24, 2.45) is 0 Å². The first-order valence-electron chi connectivity index (χ1n) is 2.38. The normalized spacial score (nSPS) is 9.20. The van der Waals surface area contributed by atoms with Crippen LogP contribution in [0, 0.1) is 10.1 Å². The molecule has 0 radical (unpaired) electrons. The summed E-state index contributed by atoms with van der Waals surface area (Å²) in [5, 5.41) is 9.93. The second-order valence-electron chi connectivity index (χ2n) is 1.54. The van der Waals surface area contributed by atoms with E-state index in [1.807, 2.05) is 0 Å². The van der Waals surface area contributed by atoms with Gasteiger partial charge in [-0.15, -0.1) is 0 Å². The van der Waals surface area contributed by atoms with Crippen LogP contribution in [0.15, 0.2) is 6.20 Å². The van der Waals surface area contributed by atoms with Gasteiger partial charge in [-0.2, -0.15) is 0 Å². The lowest BCUT2D eigenvalue weighted by Crippen LogP contribution is -1.89. The summed E-state index contributed by atoms with van der Waals surface area (Å²) in [6, 6.07) is 0. The standard InChI is InChI=1S/C4H3N3O3/c8-2-3-1-5-4(6-3)7(9)10/h1-2H,(H,5,6). The van der Waals surface area contributed by atoms with Crippen molar-refractivity contribution < 1.29 is 9.72 Å². The quantitative estimate of drug-likeness (QED) is 0.360. The molecule has 0 aliphatic carbocycles. The fraction of sp³-hybridized carbons (Fsp3) is 0. The molecule has 0 bridgehead atoms. The number of imidazole rings is 1. The zero-order valence-corrected chi connectivity index (χ0v) is 4.77. The molecule has 0 saturated heterocycles. The Balaban J connectivity index is 2.98. The number of aromatic amines is 1. The first-order chi connectivity index (χ1) is 4.74. The Labute approximate surface area is 55.0 Å². The van der Waals surface area contributed by atoms with E-state index in [0.29, 0.717) is 6.29 Å². The topological polar surface area (TPSA) is 88.9 Å². The third-order valence-electron chi connectivity index (χ3n) is 0.882. The van der Waals surface area contributed by atoms with Gasteiger partial charge in [-0.05, 0) is 4.92 Å². The van der Waals surface area contributed by atoms with Crippen LogP contribution in [-0.4, -0.2) is 21.2 Å². The molecule has 1 rings (SSSR count). The summed E-state index contributed by atoms with van der Waals surface area (Å²) in [5.74, 6) is -0.415. The maximum Gasteiger partial charge on any atom is 0.432 e. The predicted octanol–water partition coefficient (Wildman–Crippen LogP) is 0.130. The highest BCUT2D eigenvalue weighted by Crippen LogP contribution is 2.01. The van der Waals surface area contributed by atoms with Crippen molar-refractivity contribution in [3.63, 3.8) is 0 Å². The largest absolute Gasteiger partial charge is 0.432 e. The molecule has 10 heavy (non-hydrogen) atoms. The lowest BCUT2D eigenvalue weighted by Gasteiger charge is -1.84. The highest BCUT2D eigenvalue weighted by atomic mass is 16.6. The van der Waals surface area contributed by atoms with Crippen molar-refractivity contribution in [1.82, 2.24) is 9.97 Å². The van der Waals surface area contributed by atoms with Gasteiger partial charge in [0, 0.05) is 0 Å². The second-order valence-corrected chi connectivity index (χ2v) is 1.54. The second kappa shape index (κ2) is 2.26. The van der Waals surface area contributed by atoms with Gasteiger partial charge in [-0.25, -0.2) is 4.98 Å². The zero-order valence-electron chi connectivity index (χ0n) is 4.77. The fourth-order valence-corrected chi connectivity index (χ4v) is 0.477. The van der Waals surface area contributed by atoms with Crippen LogP contribution in [0.4, 0.5) is 5.95 Å². The van der Waals surface area contributed by atoms with Gasteiger partial charge in [0.05, 0.1) is 0 Å². The van der Waals surface area contributed by atoms with Crippen LogP contribution in [0.3, 0.4) is 0 Å². The number of nitro groups is 1. The molecule has 52 valence electrons. The van der Waals surface area contributed by atoms with E-state index in [4.69, 9.17) is 0 Å². The molecular formula is C4H3N3O3. The third kappa shape index (κ3) is 0.993. The highest BCUT2D eigenvalue weighted by molar-refractivity contribution is 5.71. The van der Waals surface area contributed by atoms with Crippen molar-refractivity contribution in [3.8, 4) is 0 Å². The summed E-state index contributed by atoms with van der Waals surface area (Å²) in [6.45, 7) is 0. The Bertz CT molecular complexity index is 266. The van der Waals surface area contributed by atoms with Gasteiger partial charge in [0.25, 0.3) is 0 Å². The lowest BCUT2D eigenvalue weighted by molar-refractivity contribution is -0.393. The van der Waals surface area contributed by atoms with Crippen molar-refractivity contribution in [1.29, 1.82) is 0 Å². The molecule has 0 amide bonds.